The van der Waals surface area contributed by atoms with Crippen LogP contribution >= 0.6 is 0 Å². The maximum absolute atomic E-state index is 13.0. The van der Waals surface area contributed by atoms with Crippen LogP contribution < -0.4 is 0 Å². The van der Waals surface area contributed by atoms with E-state index in [4.69, 9.17) is 19.8 Å². The average molecular weight is 487 g/mol. The molecule has 2 aliphatic heterocycles. The Morgan fingerprint density at radius 3 is 2.15 bits per heavy atom. The van der Waals surface area contributed by atoms with E-state index in [2.05, 4.69) is 4.90 Å². The van der Waals surface area contributed by atoms with Gasteiger partial charge in [0.25, 0.3) is 5.69 Å². The summed E-state index contributed by atoms with van der Waals surface area (Å²) in [6, 6.07) is 5.34. The normalized spacial score (nSPS) is 19.8. The quantitative estimate of drug-likeness (QED) is 0.332. The van der Waals surface area contributed by atoms with Gasteiger partial charge in [-0.15, -0.1) is 0 Å². The van der Waals surface area contributed by atoms with E-state index in [0.29, 0.717) is 25.9 Å². The van der Waals surface area contributed by atoms with Crippen molar-refractivity contribution in [1.82, 2.24) is 14.1 Å². The summed E-state index contributed by atoms with van der Waals surface area (Å²) in [5, 5.41) is 26.0. The van der Waals surface area contributed by atoms with Crippen molar-refractivity contribution in [2.24, 2.45) is 5.92 Å². The lowest BCUT2D eigenvalue weighted by Gasteiger charge is -2.37. The molecule has 1 amide bonds. The smallest absolute Gasteiger partial charge is 0.414 e. The Balaban J connectivity index is 0.000000569. The van der Waals surface area contributed by atoms with Crippen molar-refractivity contribution >= 4 is 33.6 Å². The van der Waals surface area contributed by atoms with E-state index in [1.54, 1.807) is 4.90 Å². The molecule has 1 atom stereocenters. The minimum Gasteiger partial charge on any atom is -0.473 e. The van der Waals surface area contributed by atoms with E-state index in [0.717, 1.165) is 13.1 Å². The third-order valence-electron chi connectivity index (χ3n) is 5.41. The number of benzene rings is 1. The van der Waals surface area contributed by atoms with Crippen LogP contribution in [-0.4, -0.2) is 102 Å². The second-order valence-corrected chi connectivity index (χ2v) is 9.57. The largest absolute Gasteiger partial charge is 0.473 e. The molecule has 13 nitrogen and oxygen atoms in total. The molecule has 2 N–H and O–H groups in total. The molecule has 33 heavy (non-hydrogen) atoms. The predicted molar refractivity (Wildman–Crippen MR) is 114 cm³/mol. The number of rotatable bonds is 4. The standard InChI is InChI=1S/C17H24N4O5S.C2H2O4/c1-18-9-11-19(12-10-18)17(22)14-5-4-8-20(13-14)27(25,26)16-7-3-2-6-15(16)21(23)24;3-1(4)2(5)6/h2-3,6-7,14H,4-5,8-13H2,1H3;(H,3,4)(H,5,6). The Hall–Kier alpha value is -3.10. The van der Waals surface area contributed by atoms with Gasteiger partial charge in [0.15, 0.2) is 4.90 Å². The number of nitrogens with zero attached hydrogens (tertiary/aromatic N) is 4. The van der Waals surface area contributed by atoms with Crippen LogP contribution in [-0.2, 0) is 24.4 Å². The number of carboxylic acids is 2. The number of carboxylic acid groups (broad SMARTS) is 2. The summed E-state index contributed by atoms with van der Waals surface area (Å²) in [6.45, 7) is 3.22. The van der Waals surface area contributed by atoms with Crippen molar-refractivity contribution in [3.05, 3.63) is 34.4 Å². The molecule has 182 valence electrons. The zero-order valence-corrected chi connectivity index (χ0v) is 18.8. The number of carbonyl (C=O) groups excluding carboxylic acids is 1. The number of nitro benzene ring substituents is 1. The van der Waals surface area contributed by atoms with Crippen molar-refractivity contribution in [3.8, 4) is 0 Å². The molecule has 0 saturated carbocycles. The van der Waals surface area contributed by atoms with E-state index in [1.807, 2.05) is 7.05 Å². The SMILES string of the molecule is CN1CCN(C(=O)C2CCCN(S(=O)(=O)c3ccccc3[N+](=O)[O-])C2)CC1.O=C(O)C(=O)O. The molecule has 2 aliphatic rings. The Labute approximate surface area is 190 Å². The van der Waals surface area contributed by atoms with E-state index in [1.165, 1.54) is 28.6 Å². The van der Waals surface area contributed by atoms with Crippen LogP contribution in [0.4, 0.5) is 5.69 Å². The summed E-state index contributed by atoms with van der Waals surface area (Å²) in [4.78, 5) is 45.2. The van der Waals surface area contributed by atoms with Gasteiger partial charge in [-0.3, -0.25) is 14.9 Å². The lowest BCUT2D eigenvalue weighted by atomic mass is 9.98. The van der Waals surface area contributed by atoms with E-state index in [-0.39, 0.29) is 23.9 Å². The molecule has 0 aliphatic carbocycles. The number of piperidine rings is 1. The monoisotopic (exact) mass is 486 g/mol. The molecule has 1 unspecified atom stereocenters. The summed E-state index contributed by atoms with van der Waals surface area (Å²) in [5.74, 6) is -4.07. The van der Waals surface area contributed by atoms with Gasteiger partial charge in [-0.25, -0.2) is 18.0 Å². The van der Waals surface area contributed by atoms with Gasteiger partial charge >= 0.3 is 11.9 Å². The molecule has 2 fully saturated rings. The van der Waals surface area contributed by atoms with E-state index >= 15 is 0 Å². The fraction of sp³-hybridized carbons (Fsp3) is 0.526. The van der Waals surface area contributed by atoms with Gasteiger partial charge in [0, 0.05) is 45.3 Å². The minimum atomic E-state index is -4.03. The number of piperazine rings is 1. The van der Waals surface area contributed by atoms with Gasteiger partial charge in [-0.05, 0) is 26.0 Å². The number of hydrogen-bond acceptors (Lipinski definition) is 8. The van der Waals surface area contributed by atoms with Crippen LogP contribution in [0, 0.1) is 16.0 Å². The molecular weight excluding hydrogens is 460 g/mol. The van der Waals surface area contributed by atoms with Gasteiger partial charge in [-0.2, -0.15) is 4.31 Å². The third kappa shape index (κ3) is 6.69. The summed E-state index contributed by atoms with van der Waals surface area (Å²) >= 11 is 0. The molecule has 0 radical (unpaired) electrons. The van der Waals surface area contributed by atoms with Crippen molar-refractivity contribution in [1.29, 1.82) is 0 Å². The zero-order chi connectivity index (χ0) is 24.8. The number of sulfonamides is 1. The first-order valence-electron chi connectivity index (χ1n) is 10.1. The van der Waals surface area contributed by atoms with Crippen LogP contribution in [0.2, 0.25) is 0 Å². The summed E-state index contributed by atoms with van der Waals surface area (Å²) in [7, 11) is -2.03. The van der Waals surface area contributed by atoms with Crippen molar-refractivity contribution < 1.29 is 37.9 Å². The van der Waals surface area contributed by atoms with Crippen LogP contribution in [0.3, 0.4) is 0 Å². The van der Waals surface area contributed by atoms with Crippen LogP contribution in [0.25, 0.3) is 0 Å². The molecule has 14 heteroatoms. The van der Waals surface area contributed by atoms with Gasteiger partial charge in [0.05, 0.1) is 10.8 Å². The highest BCUT2D eigenvalue weighted by atomic mass is 32.2. The highest BCUT2D eigenvalue weighted by molar-refractivity contribution is 7.89. The van der Waals surface area contributed by atoms with Crippen molar-refractivity contribution in [2.45, 2.75) is 17.7 Å². The van der Waals surface area contributed by atoms with Crippen LogP contribution in [0.15, 0.2) is 29.2 Å². The minimum absolute atomic E-state index is 0.0226. The van der Waals surface area contributed by atoms with Crippen molar-refractivity contribution in [2.75, 3.05) is 46.3 Å². The maximum atomic E-state index is 13.0. The molecule has 3 rings (SSSR count). The number of para-hydroxylation sites is 1. The summed E-state index contributed by atoms with van der Waals surface area (Å²) in [5.41, 5.74) is -0.440. The van der Waals surface area contributed by atoms with Gasteiger partial charge in [-0.1, -0.05) is 12.1 Å². The summed E-state index contributed by atoms with van der Waals surface area (Å²) < 4.78 is 27.2. The topological polar surface area (TPSA) is 179 Å². The van der Waals surface area contributed by atoms with Crippen LogP contribution in [0.1, 0.15) is 12.8 Å². The second kappa shape index (κ2) is 11.2. The number of nitro groups is 1. The Morgan fingerprint density at radius 1 is 1.03 bits per heavy atom. The van der Waals surface area contributed by atoms with E-state index in [9.17, 15) is 23.3 Å². The zero-order valence-electron chi connectivity index (χ0n) is 18.0. The van der Waals surface area contributed by atoms with Gasteiger partial charge < -0.3 is 20.0 Å². The molecule has 0 aromatic heterocycles. The Bertz CT molecular complexity index is 994. The first-order chi connectivity index (χ1) is 15.4. The van der Waals surface area contributed by atoms with E-state index < -0.39 is 38.5 Å². The van der Waals surface area contributed by atoms with Gasteiger partial charge in [0.1, 0.15) is 0 Å². The third-order valence-corrected chi connectivity index (χ3v) is 7.32. The summed E-state index contributed by atoms with van der Waals surface area (Å²) in [6.07, 6.45) is 1.19. The van der Waals surface area contributed by atoms with Gasteiger partial charge in [0.2, 0.25) is 15.9 Å². The Kier molecular flexibility index (Phi) is 8.84. The maximum Gasteiger partial charge on any atom is 0.414 e. The molecule has 1 aromatic carbocycles. The predicted octanol–water partition coefficient (Wildman–Crippen LogP) is -0.0749. The first-order valence-corrected chi connectivity index (χ1v) is 11.6. The number of likely N-dealkylation sites (N-methyl/N-ethyl adjacent to an activating group) is 1. The highest BCUT2D eigenvalue weighted by Crippen LogP contribution is 2.30. The number of carbonyl (C=O) groups is 3. The number of aliphatic carboxylic acids is 2. The van der Waals surface area contributed by atoms with Crippen molar-refractivity contribution in [3.63, 3.8) is 0 Å². The molecule has 0 spiro atoms. The number of hydrogen-bond donors (Lipinski definition) is 2. The molecule has 2 heterocycles. The first kappa shape index (κ1) is 26.2. The Morgan fingerprint density at radius 2 is 1.61 bits per heavy atom. The molecule has 2 saturated heterocycles. The lowest BCUT2D eigenvalue weighted by molar-refractivity contribution is -0.387. The van der Waals surface area contributed by atoms with Crippen LogP contribution in [0.5, 0.6) is 0 Å². The molecular formula is C19H26N4O9S. The highest BCUT2D eigenvalue weighted by Gasteiger charge is 2.38. The fourth-order valence-corrected chi connectivity index (χ4v) is 5.29. The fourth-order valence-electron chi connectivity index (χ4n) is 3.61. The second-order valence-electron chi connectivity index (χ2n) is 7.67. The molecule has 0 bridgehead atoms. The number of amides is 1. The average Bonchev–Trinajstić information content (AvgIpc) is 2.79. The lowest BCUT2D eigenvalue weighted by Crippen LogP contribution is -2.52. The molecule has 1 aromatic rings.